The molecule has 0 aliphatic rings. The van der Waals surface area contributed by atoms with E-state index in [9.17, 15) is 4.79 Å². The number of aromatic amines is 1. The fraction of sp³-hybridized carbons (Fsp3) is 0.0909. The number of aryl methyl sites for hydroxylation is 1. The maximum atomic E-state index is 12.8. The first kappa shape index (κ1) is 18.4. The molecule has 8 heteroatoms. The molecule has 0 fully saturated rings. The highest BCUT2D eigenvalue weighted by atomic mass is 32.2. The lowest BCUT2D eigenvalue weighted by Crippen LogP contribution is -2.04. The van der Waals surface area contributed by atoms with Gasteiger partial charge in [-0.3, -0.25) is 4.79 Å². The Labute approximate surface area is 175 Å². The number of nitrogens with zero attached hydrogens (tertiary/aromatic N) is 3. The fourth-order valence-corrected chi connectivity index (χ4v) is 3.92. The van der Waals surface area contributed by atoms with Gasteiger partial charge in [-0.05, 0) is 30.7 Å². The summed E-state index contributed by atoms with van der Waals surface area (Å²) in [5, 5.41) is 9.86. The van der Waals surface area contributed by atoms with Crippen LogP contribution in [0.3, 0.4) is 0 Å². The number of aromatic nitrogens is 4. The normalized spacial score (nSPS) is 11.2. The summed E-state index contributed by atoms with van der Waals surface area (Å²) in [6.07, 6.45) is 8.09. The molecule has 0 aliphatic carbocycles. The van der Waals surface area contributed by atoms with E-state index in [-0.39, 0.29) is 11.5 Å². The van der Waals surface area contributed by atoms with Gasteiger partial charge in [0.2, 0.25) is 5.16 Å². The van der Waals surface area contributed by atoms with Crippen molar-refractivity contribution in [3.05, 3.63) is 72.7 Å². The minimum absolute atomic E-state index is 0.00229. The third-order valence-electron chi connectivity index (χ3n) is 4.73. The lowest BCUT2D eigenvalue weighted by molar-refractivity contribution is 0.102. The van der Waals surface area contributed by atoms with Gasteiger partial charge in [0.15, 0.2) is 5.78 Å². The van der Waals surface area contributed by atoms with Crippen LogP contribution in [0, 0.1) is 6.92 Å². The SMILES string of the molecule is Cc1ccc2c(C(=O)CSc3nnc(-c4ccoc4)c(-c4ccoc4)n3)c[nH]c2c1. The van der Waals surface area contributed by atoms with Crippen LogP contribution in [0.25, 0.3) is 33.4 Å². The standard InChI is InChI=1S/C22H16N4O3S/c1-13-2-3-16-17(9-23-18(16)8-13)19(27)12-30-22-24-20(14-4-6-28-10-14)21(25-26-22)15-5-7-29-11-15/h2-11,23H,12H2,1H3. The Bertz CT molecular complexity index is 1320. The van der Waals surface area contributed by atoms with E-state index >= 15 is 0 Å². The summed E-state index contributed by atoms with van der Waals surface area (Å²) < 4.78 is 10.4. The summed E-state index contributed by atoms with van der Waals surface area (Å²) in [6.45, 7) is 2.02. The van der Waals surface area contributed by atoms with Crippen LogP contribution in [0.5, 0.6) is 0 Å². The highest BCUT2D eigenvalue weighted by Gasteiger charge is 2.18. The van der Waals surface area contributed by atoms with Crippen LogP contribution in [0.15, 0.2) is 75.6 Å². The van der Waals surface area contributed by atoms with Crippen molar-refractivity contribution in [1.29, 1.82) is 0 Å². The van der Waals surface area contributed by atoms with E-state index in [1.807, 2.05) is 25.1 Å². The Hall–Kier alpha value is -3.65. The van der Waals surface area contributed by atoms with Crippen LogP contribution in [-0.2, 0) is 0 Å². The van der Waals surface area contributed by atoms with Gasteiger partial charge in [-0.1, -0.05) is 23.9 Å². The van der Waals surface area contributed by atoms with Crippen molar-refractivity contribution >= 4 is 28.4 Å². The Morgan fingerprint density at radius 1 is 1.03 bits per heavy atom. The number of hydrogen-bond acceptors (Lipinski definition) is 7. The molecule has 5 rings (SSSR count). The van der Waals surface area contributed by atoms with Gasteiger partial charge in [0, 0.05) is 33.8 Å². The Balaban J connectivity index is 1.41. The molecular weight excluding hydrogens is 400 g/mol. The van der Waals surface area contributed by atoms with Gasteiger partial charge in [-0.15, -0.1) is 10.2 Å². The molecule has 0 bridgehead atoms. The first-order valence-corrected chi connectivity index (χ1v) is 10.2. The Kier molecular flexibility index (Phi) is 4.68. The third-order valence-corrected chi connectivity index (χ3v) is 5.56. The quantitative estimate of drug-likeness (QED) is 0.302. The van der Waals surface area contributed by atoms with Gasteiger partial charge in [0.05, 0.1) is 30.8 Å². The van der Waals surface area contributed by atoms with Crippen molar-refractivity contribution in [1.82, 2.24) is 20.2 Å². The summed E-state index contributed by atoms with van der Waals surface area (Å²) in [5.74, 6) is 0.209. The average molecular weight is 416 g/mol. The maximum absolute atomic E-state index is 12.8. The van der Waals surface area contributed by atoms with Crippen LogP contribution in [0.4, 0.5) is 0 Å². The molecule has 1 N–H and O–H groups in total. The van der Waals surface area contributed by atoms with Crippen molar-refractivity contribution in [3.8, 4) is 22.5 Å². The molecule has 148 valence electrons. The summed E-state index contributed by atoms with van der Waals surface area (Å²) in [4.78, 5) is 20.6. The van der Waals surface area contributed by atoms with Crippen LogP contribution < -0.4 is 0 Å². The topological polar surface area (TPSA) is 97.8 Å². The van der Waals surface area contributed by atoms with E-state index in [2.05, 4.69) is 20.2 Å². The summed E-state index contributed by atoms with van der Waals surface area (Å²) >= 11 is 1.25. The second-order valence-corrected chi connectivity index (χ2v) is 7.72. The number of fused-ring (bicyclic) bond motifs is 1. The minimum atomic E-state index is 0.00229. The Morgan fingerprint density at radius 2 is 1.80 bits per heavy atom. The number of thioether (sulfide) groups is 1. The number of hydrogen-bond donors (Lipinski definition) is 1. The van der Waals surface area contributed by atoms with E-state index < -0.39 is 0 Å². The van der Waals surface area contributed by atoms with Crippen LogP contribution in [-0.4, -0.2) is 31.7 Å². The molecule has 4 heterocycles. The van der Waals surface area contributed by atoms with E-state index in [0.717, 1.165) is 27.6 Å². The number of carbonyl (C=O) groups is 1. The monoisotopic (exact) mass is 416 g/mol. The molecule has 0 spiro atoms. The van der Waals surface area contributed by atoms with Crippen molar-refractivity contribution < 1.29 is 13.6 Å². The zero-order valence-corrected chi connectivity index (χ0v) is 16.8. The molecule has 4 aromatic heterocycles. The number of benzene rings is 1. The molecule has 0 radical (unpaired) electrons. The van der Waals surface area contributed by atoms with Crippen LogP contribution in [0.1, 0.15) is 15.9 Å². The zero-order valence-electron chi connectivity index (χ0n) is 16.0. The van der Waals surface area contributed by atoms with Crippen LogP contribution in [0.2, 0.25) is 0 Å². The summed E-state index contributed by atoms with van der Waals surface area (Å²) in [5.41, 5.74) is 5.52. The smallest absolute Gasteiger partial charge is 0.210 e. The second kappa shape index (κ2) is 7.64. The van der Waals surface area contributed by atoms with E-state index in [1.165, 1.54) is 11.8 Å². The van der Waals surface area contributed by atoms with Gasteiger partial charge in [-0.2, -0.15) is 0 Å². The molecule has 0 amide bonds. The van der Waals surface area contributed by atoms with Gasteiger partial charge in [0.1, 0.15) is 11.4 Å². The maximum Gasteiger partial charge on any atom is 0.210 e. The third kappa shape index (κ3) is 3.42. The number of rotatable bonds is 6. The molecule has 0 unspecified atom stereocenters. The zero-order chi connectivity index (χ0) is 20.5. The highest BCUT2D eigenvalue weighted by Crippen LogP contribution is 2.30. The number of Topliss-reactive ketones (excluding diaryl/α,β-unsaturated/α-hetero) is 1. The number of carbonyl (C=O) groups excluding carboxylic acids is 1. The van der Waals surface area contributed by atoms with Crippen molar-refractivity contribution in [2.45, 2.75) is 12.1 Å². The minimum Gasteiger partial charge on any atom is -0.472 e. The number of H-pyrrole nitrogens is 1. The van der Waals surface area contributed by atoms with E-state index in [0.29, 0.717) is 22.1 Å². The molecule has 0 atom stereocenters. The molecule has 0 saturated carbocycles. The predicted octanol–water partition coefficient (Wildman–Crippen LogP) is 5.16. The second-order valence-electron chi connectivity index (χ2n) is 6.78. The summed E-state index contributed by atoms with van der Waals surface area (Å²) in [6, 6.07) is 9.59. The molecule has 1 aromatic carbocycles. The lowest BCUT2D eigenvalue weighted by atomic mass is 10.1. The van der Waals surface area contributed by atoms with Gasteiger partial charge in [0.25, 0.3) is 0 Å². The Morgan fingerprint density at radius 3 is 2.53 bits per heavy atom. The fourth-order valence-electron chi connectivity index (χ4n) is 3.24. The first-order chi connectivity index (χ1) is 14.7. The van der Waals surface area contributed by atoms with Gasteiger partial charge < -0.3 is 13.8 Å². The van der Waals surface area contributed by atoms with Crippen molar-refractivity contribution in [2.24, 2.45) is 0 Å². The molecule has 5 aromatic rings. The number of furan rings is 2. The van der Waals surface area contributed by atoms with Gasteiger partial charge in [-0.25, -0.2) is 4.98 Å². The average Bonchev–Trinajstić information content (AvgIpc) is 3.53. The molecule has 7 nitrogen and oxygen atoms in total. The first-order valence-electron chi connectivity index (χ1n) is 9.22. The van der Waals surface area contributed by atoms with Crippen molar-refractivity contribution in [3.63, 3.8) is 0 Å². The number of ketones is 1. The van der Waals surface area contributed by atoms with Crippen molar-refractivity contribution in [2.75, 3.05) is 5.75 Å². The highest BCUT2D eigenvalue weighted by molar-refractivity contribution is 7.99. The van der Waals surface area contributed by atoms with E-state index in [4.69, 9.17) is 8.83 Å². The van der Waals surface area contributed by atoms with E-state index in [1.54, 1.807) is 43.4 Å². The molecule has 30 heavy (non-hydrogen) atoms. The molecule has 0 saturated heterocycles. The molecular formula is C22H16N4O3S. The largest absolute Gasteiger partial charge is 0.472 e. The van der Waals surface area contributed by atoms with Crippen LogP contribution >= 0.6 is 11.8 Å². The lowest BCUT2D eigenvalue weighted by Gasteiger charge is -2.06. The van der Waals surface area contributed by atoms with Gasteiger partial charge >= 0.3 is 0 Å². The number of nitrogens with one attached hydrogen (secondary N) is 1. The molecule has 0 aliphatic heterocycles. The summed E-state index contributed by atoms with van der Waals surface area (Å²) in [7, 11) is 0. The predicted molar refractivity (Wildman–Crippen MR) is 113 cm³/mol.